The van der Waals surface area contributed by atoms with Crippen LogP contribution in [0.15, 0.2) is 48.8 Å². The van der Waals surface area contributed by atoms with E-state index >= 15 is 0 Å². The van der Waals surface area contributed by atoms with E-state index in [4.69, 9.17) is 11.6 Å². The average molecular weight is 547 g/mol. The summed E-state index contributed by atoms with van der Waals surface area (Å²) in [5.74, 6) is -1.57. The number of halogens is 1. The van der Waals surface area contributed by atoms with Crippen LogP contribution < -0.4 is 15.4 Å². The third kappa shape index (κ3) is 7.28. The number of aromatic nitrogens is 3. The maximum absolute atomic E-state index is 12.5. The van der Waals surface area contributed by atoms with E-state index in [-0.39, 0.29) is 10.6 Å². The summed E-state index contributed by atoms with van der Waals surface area (Å²) >= 11 is 6.01. The van der Waals surface area contributed by atoms with Crippen molar-refractivity contribution >= 4 is 39.3 Å². The number of carbonyl (C=O) groups excluding carboxylic acids is 1. The highest BCUT2D eigenvalue weighted by atomic mass is 35.5. The van der Waals surface area contributed by atoms with Gasteiger partial charge in [-0.3, -0.25) is 14.3 Å². The molecule has 1 aliphatic rings. The Morgan fingerprint density at radius 2 is 2.03 bits per heavy atom. The zero-order valence-electron chi connectivity index (χ0n) is 19.9. The van der Waals surface area contributed by atoms with Crippen LogP contribution in [-0.2, 0) is 40.0 Å². The summed E-state index contributed by atoms with van der Waals surface area (Å²) in [4.78, 5) is 28.8. The first kappa shape index (κ1) is 26.6. The van der Waals surface area contributed by atoms with Crippen LogP contribution in [0.4, 0.5) is 5.82 Å². The second-order valence-electron chi connectivity index (χ2n) is 8.65. The van der Waals surface area contributed by atoms with Gasteiger partial charge in [-0.15, -0.1) is 0 Å². The largest absolute Gasteiger partial charge is 0.480 e. The van der Waals surface area contributed by atoms with Crippen molar-refractivity contribution in [2.75, 3.05) is 18.4 Å². The number of fused-ring (bicyclic) bond motifs is 1. The second kappa shape index (κ2) is 11.7. The summed E-state index contributed by atoms with van der Waals surface area (Å²) < 4.78 is 28.7. The normalized spacial score (nSPS) is 13.9. The molecule has 1 aliphatic heterocycles. The van der Waals surface area contributed by atoms with E-state index in [1.54, 1.807) is 29.1 Å². The van der Waals surface area contributed by atoms with Crippen molar-refractivity contribution in [3.8, 4) is 0 Å². The number of aryl methyl sites for hydroxylation is 3. The molecule has 0 aliphatic carbocycles. The molecule has 1 atom stereocenters. The quantitative estimate of drug-likeness (QED) is 0.284. The molecule has 196 valence electrons. The topological polar surface area (TPSA) is 155 Å². The lowest BCUT2D eigenvalue weighted by molar-refractivity contribution is -0.138. The summed E-state index contributed by atoms with van der Waals surface area (Å²) in [6, 6.07) is 8.88. The number of carbonyl (C=O) groups is 2. The van der Waals surface area contributed by atoms with Crippen molar-refractivity contribution < 1.29 is 23.1 Å². The minimum absolute atomic E-state index is 0.225. The number of anilines is 1. The first-order valence-corrected chi connectivity index (χ1v) is 13.7. The van der Waals surface area contributed by atoms with Crippen molar-refractivity contribution in [2.24, 2.45) is 0 Å². The Hall–Kier alpha value is -3.48. The van der Waals surface area contributed by atoms with Gasteiger partial charge in [0.05, 0.1) is 17.5 Å². The first-order valence-electron chi connectivity index (χ1n) is 11.7. The number of hydrogen-bond donors (Lipinski definition) is 4. The molecular formula is C24H27ClN6O5S. The van der Waals surface area contributed by atoms with E-state index in [1.807, 2.05) is 6.07 Å². The Morgan fingerprint density at radius 1 is 1.22 bits per heavy atom. The minimum Gasteiger partial charge on any atom is -0.480 e. The number of benzene rings is 1. The van der Waals surface area contributed by atoms with Crippen LogP contribution in [0.1, 0.15) is 33.6 Å². The number of sulfonamides is 1. The summed E-state index contributed by atoms with van der Waals surface area (Å²) in [6.45, 7) is 0.957. The first-order chi connectivity index (χ1) is 17.7. The van der Waals surface area contributed by atoms with Crippen molar-refractivity contribution in [2.45, 2.75) is 37.6 Å². The summed E-state index contributed by atoms with van der Waals surface area (Å²) in [5, 5.41) is 19.7. The number of aliphatic carboxylic acids is 1. The maximum atomic E-state index is 12.5. The number of hydrogen-bond acceptors (Lipinski definition) is 7. The highest BCUT2D eigenvalue weighted by molar-refractivity contribution is 7.88. The number of carboxylic acid groups (broad SMARTS) is 1. The molecule has 3 aromatic rings. The van der Waals surface area contributed by atoms with Crippen LogP contribution in [0.3, 0.4) is 0 Å². The van der Waals surface area contributed by atoms with Crippen molar-refractivity contribution in [3.05, 3.63) is 76.2 Å². The van der Waals surface area contributed by atoms with Gasteiger partial charge in [0.15, 0.2) is 0 Å². The number of amides is 1. The molecule has 4 rings (SSSR count). The minimum atomic E-state index is -4.04. The lowest BCUT2D eigenvalue weighted by Crippen LogP contribution is -2.48. The number of nitrogens with one attached hydrogen (secondary N) is 3. The van der Waals surface area contributed by atoms with E-state index < -0.39 is 40.2 Å². The zero-order valence-corrected chi connectivity index (χ0v) is 21.4. The van der Waals surface area contributed by atoms with Gasteiger partial charge in [-0.25, -0.2) is 13.4 Å². The molecule has 0 spiro atoms. The lowest BCUT2D eigenvalue weighted by Gasteiger charge is -2.17. The third-order valence-corrected chi connectivity index (χ3v) is 7.54. The molecule has 1 aromatic carbocycles. The Balaban J connectivity index is 1.30. The standard InChI is InChI=1S/C24H27ClN6O5S/c25-20-6-2-1-4-17(20)15-37(35,36)30-21(24(33)34)13-27-23(32)18-12-28-31(14-18)11-9-19-8-7-16-5-3-10-26-22(16)29-19/h1-2,4,6-8,12,14,21,30H,3,5,9-11,13,15H2,(H,26,29)(H,27,32)(H,33,34). The molecule has 2 aromatic heterocycles. The highest BCUT2D eigenvalue weighted by Gasteiger charge is 2.26. The molecular weight excluding hydrogens is 520 g/mol. The molecule has 0 saturated carbocycles. The van der Waals surface area contributed by atoms with Crippen molar-refractivity contribution in [1.82, 2.24) is 24.8 Å². The van der Waals surface area contributed by atoms with Crippen LogP contribution >= 0.6 is 11.6 Å². The van der Waals surface area contributed by atoms with Crippen LogP contribution in [0.2, 0.25) is 5.02 Å². The highest BCUT2D eigenvalue weighted by Crippen LogP contribution is 2.20. The van der Waals surface area contributed by atoms with Crippen molar-refractivity contribution in [3.63, 3.8) is 0 Å². The van der Waals surface area contributed by atoms with Gasteiger partial charge in [0.25, 0.3) is 5.91 Å². The van der Waals surface area contributed by atoms with Crippen molar-refractivity contribution in [1.29, 1.82) is 0 Å². The van der Waals surface area contributed by atoms with Gasteiger partial charge in [0.1, 0.15) is 11.9 Å². The number of pyridine rings is 1. The number of rotatable bonds is 11. The van der Waals surface area contributed by atoms with Gasteiger partial charge in [-0.1, -0.05) is 35.9 Å². The Morgan fingerprint density at radius 3 is 2.81 bits per heavy atom. The smallest absolute Gasteiger partial charge is 0.323 e. The third-order valence-electron chi connectivity index (χ3n) is 5.83. The molecule has 0 bridgehead atoms. The summed E-state index contributed by atoms with van der Waals surface area (Å²) in [6.07, 6.45) is 5.64. The summed E-state index contributed by atoms with van der Waals surface area (Å²) in [5.41, 5.74) is 2.67. The van der Waals surface area contributed by atoms with Crippen LogP contribution in [0.25, 0.3) is 0 Å². The van der Waals surface area contributed by atoms with Gasteiger partial charge in [0, 0.05) is 43.0 Å². The van der Waals surface area contributed by atoms with Crippen LogP contribution in [0.5, 0.6) is 0 Å². The van der Waals surface area contributed by atoms with Crippen LogP contribution in [0, 0.1) is 0 Å². The van der Waals surface area contributed by atoms with Gasteiger partial charge in [-0.05, 0) is 36.1 Å². The van der Waals surface area contributed by atoms with Gasteiger partial charge in [-0.2, -0.15) is 9.82 Å². The molecule has 37 heavy (non-hydrogen) atoms. The van der Waals surface area contributed by atoms with E-state index in [9.17, 15) is 23.1 Å². The van der Waals surface area contributed by atoms with E-state index in [0.717, 1.165) is 30.9 Å². The molecule has 0 radical (unpaired) electrons. The zero-order chi connectivity index (χ0) is 26.4. The second-order valence-corrected chi connectivity index (χ2v) is 10.8. The van der Waals surface area contributed by atoms with E-state index in [0.29, 0.717) is 18.5 Å². The molecule has 1 amide bonds. The molecule has 13 heteroatoms. The Bertz CT molecular complexity index is 1390. The predicted octanol–water partition coefficient (Wildman–Crippen LogP) is 1.83. The number of carboxylic acids is 1. The molecule has 4 N–H and O–H groups in total. The monoisotopic (exact) mass is 546 g/mol. The SMILES string of the molecule is O=C(NCC(NS(=O)(=O)Cc1ccccc1Cl)C(=O)O)c1cnn(CCc2ccc3c(n2)NCCC3)c1. The van der Waals surface area contributed by atoms with Gasteiger partial charge in [0.2, 0.25) is 10.0 Å². The van der Waals surface area contributed by atoms with Gasteiger partial charge >= 0.3 is 5.97 Å². The fourth-order valence-electron chi connectivity index (χ4n) is 3.90. The maximum Gasteiger partial charge on any atom is 0.323 e. The molecule has 11 nitrogen and oxygen atoms in total. The number of nitrogens with zero attached hydrogens (tertiary/aromatic N) is 3. The summed E-state index contributed by atoms with van der Waals surface area (Å²) in [7, 11) is -4.04. The predicted molar refractivity (Wildman–Crippen MR) is 138 cm³/mol. The van der Waals surface area contributed by atoms with Gasteiger partial charge < -0.3 is 15.7 Å². The van der Waals surface area contributed by atoms with E-state index in [1.165, 1.54) is 17.8 Å². The Labute approximate surface area is 219 Å². The fourth-order valence-corrected chi connectivity index (χ4v) is 5.54. The average Bonchev–Trinajstić information content (AvgIpc) is 3.35. The molecule has 0 fully saturated rings. The van der Waals surface area contributed by atoms with Crippen LogP contribution in [-0.4, -0.2) is 59.3 Å². The Kier molecular flexibility index (Phi) is 8.41. The van der Waals surface area contributed by atoms with E-state index in [2.05, 4.69) is 31.5 Å². The lowest BCUT2D eigenvalue weighted by atomic mass is 10.1. The molecule has 3 heterocycles. The fraction of sp³-hybridized carbons (Fsp3) is 0.333. The molecule has 1 unspecified atom stereocenters. The molecule has 0 saturated heterocycles.